The molecule has 1 aliphatic heterocycles. The molecule has 1 heterocycles. The molecular weight excluding hydrogens is 552 g/mol. The predicted molar refractivity (Wildman–Crippen MR) is 169 cm³/mol. The lowest BCUT2D eigenvalue weighted by atomic mass is 9.85. The van der Waals surface area contributed by atoms with Crippen molar-refractivity contribution >= 4 is 40.1 Å². The molecule has 1 fully saturated rings. The van der Waals surface area contributed by atoms with E-state index >= 15 is 0 Å². The number of nitrogens with one attached hydrogen (secondary N) is 2. The van der Waals surface area contributed by atoms with Crippen LogP contribution < -0.4 is 5.32 Å². The molecule has 1 saturated carbocycles. The molecule has 5 rings (SSSR count). The number of anilines is 1. The number of aryl methyl sites for hydroxylation is 1. The van der Waals surface area contributed by atoms with Crippen molar-refractivity contribution in [2.45, 2.75) is 77.6 Å². The van der Waals surface area contributed by atoms with E-state index in [0.717, 1.165) is 35.5 Å². The first-order chi connectivity index (χ1) is 20.3. The van der Waals surface area contributed by atoms with Crippen LogP contribution in [0.4, 0.5) is 14.5 Å². The lowest BCUT2D eigenvalue weighted by Gasteiger charge is -2.22. The van der Waals surface area contributed by atoms with Crippen LogP contribution in [0.5, 0.6) is 0 Å². The molecule has 1 unspecified atom stereocenters. The van der Waals surface area contributed by atoms with E-state index in [4.69, 9.17) is 17.0 Å². The molecule has 220 valence electrons. The van der Waals surface area contributed by atoms with Gasteiger partial charge in [0.15, 0.2) is 17.4 Å². The number of benzene rings is 2. The van der Waals surface area contributed by atoms with Crippen molar-refractivity contribution in [1.82, 2.24) is 0 Å². The number of hydrogen-bond donors (Lipinski definition) is 2. The third-order valence-corrected chi connectivity index (χ3v) is 8.99. The van der Waals surface area contributed by atoms with E-state index in [2.05, 4.69) is 10.3 Å². The molecular formula is C35H38ClF2N3O. The second kappa shape index (κ2) is 13.7. The van der Waals surface area contributed by atoms with Crippen LogP contribution in [-0.2, 0) is 0 Å². The maximum absolute atomic E-state index is 14.8. The van der Waals surface area contributed by atoms with Crippen molar-refractivity contribution < 1.29 is 13.6 Å². The SMILES string of the molecule is Cc1cc(N/C2=C/C=C\CCC3C(c4ccc(Cl)c(F)c4F)=CN=C23)ccc1C(=O)CC(=N)CCC1CCCCCC1. The Balaban J connectivity index is 1.24. The van der Waals surface area contributed by atoms with Gasteiger partial charge in [0.05, 0.1) is 16.4 Å². The quantitative estimate of drug-likeness (QED) is 0.132. The van der Waals surface area contributed by atoms with Crippen molar-refractivity contribution in [3.05, 3.63) is 93.8 Å². The van der Waals surface area contributed by atoms with Gasteiger partial charge in [-0.1, -0.05) is 62.3 Å². The van der Waals surface area contributed by atoms with Crippen LogP contribution in [0.25, 0.3) is 5.57 Å². The molecule has 0 saturated heterocycles. The largest absolute Gasteiger partial charge is 0.354 e. The van der Waals surface area contributed by atoms with Crippen LogP contribution in [0.2, 0.25) is 5.02 Å². The first-order valence-electron chi connectivity index (χ1n) is 15.1. The topological polar surface area (TPSA) is 65.3 Å². The summed E-state index contributed by atoms with van der Waals surface area (Å²) in [6.07, 6.45) is 18.6. The third kappa shape index (κ3) is 6.97. The molecule has 2 aromatic rings. The van der Waals surface area contributed by atoms with Crippen LogP contribution in [0.1, 0.15) is 92.1 Å². The smallest absolute Gasteiger partial charge is 0.178 e. The second-order valence-electron chi connectivity index (χ2n) is 11.7. The number of Topliss-reactive ketones (excluding diaryl/α,β-unsaturated/α-hetero) is 1. The van der Waals surface area contributed by atoms with Crippen LogP contribution >= 0.6 is 11.6 Å². The highest BCUT2D eigenvalue weighted by molar-refractivity contribution is 6.30. The fourth-order valence-corrected chi connectivity index (χ4v) is 6.50. The Hall–Kier alpha value is -3.38. The standard InChI is InChI=1S/C35H38ClF2N3O/c1-22-19-25(15-16-26(22)32(42)20-24(39)14-13-23-9-5-2-3-6-10-23)41-31-12-8-4-7-11-28-29(21-40-35(28)31)27-17-18-30(36)34(38)33(27)37/h4,8,12,15-19,21,23,28,39,41H,2-3,5-7,9-11,13-14,20H2,1H3/b8-4-,31-12+,39-24?. The van der Waals surface area contributed by atoms with Gasteiger partial charge in [0, 0.05) is 41.1 Å². The molecule has 2 aliphatic carbocycles. The van der Waals surface area contributed by atoms with E-state index < -0.39 is 11.6 Å². The van der Waals surface area contributed by atoms with Crippen molar-refractivity contribution in [2.75, 3.05) is 5.32 Å². The van der Waals surface area contributed by atoms with Gasteiger partial charge < -0.3 is 10.7 Å². The lowest BCUT2D eigenvalue weighted by Crippen LogP contribution is -2.21. The average Bonchev–Trinajstić information content (AvgIpc) is 3.17. The first-order valence-corrected chi connectivity index (χ1v) is 15.5. The molecule has 0 amide bonds. The van der Waals surface area contributed by atoms with Crippen LogP contribution in [0, 0.1) is 35.8 Å². The summed E-state index contributed by atoms with van der Waals surface area (Å²) >= 11 is 5.78. The number of aliphatic imine (C=N–C) groups is 1. The van der Waals surface area contributed by atoms with Gasteiger partial charge in [0.1, 0.15) is 0 Å². The Bertz CT molecular complexity index is 1480. The van der Waals surface area contributed by atoms with Gasteiger partial charge in [-0.2, -0.15) is 0 Å². The summed E-state index contributed by atoms with van der Waals surface area (Å²) < 4.78 is 29.1. The summed E-state index contributed by atoms with van der Waals surface area (Å²) in [5.74, 6) is -1.56. The minimum atomic E-state index is -1.05. The Morgan fingerprint density at radius 3 is 2.62 bits per heavy atom. The fourth-order valence-electron chi connectivity index (χ4n) is 6.35. The molecule has 42 heavy (non-hydrogen) atoms. The van der Waals surface area contributed by atoms with Crippen molar-refractivity contribution in [2.24, 2.45) is 16.8 Å². The molecule has 0 radical (unpaired) electrons. The van der Waals surface area contributed by atoms with E-state index in [1.165, 1.54) is 50.7 Å². The van der Waals surface area contributed by atoms with Crippen LogP contribution in [0.15, 0.2) is 65.4 Å². The normalized spacial score (nSPS) is 21.1. The molecule has 0 spiro atoms. The van der Waals surface area contributed by atoms with Crippen molar-refractivity contribution in [1.29, 1.82) is 5.41 Å². The van der Waals surface area contributed by atoms with Gasteiger partial charge in [0.25, 0.3) is 0 Å². The average molecular weight is 590 g/mol. The van der Waals surface area contributed by atoms with Gasteiger partial charge in [-0.3, -0.25) is 9.79 Å². The zero-order chi connectivity index (χ0) is 29.6. The Kier molecular flexibility index (Phi) is 9.84. The van der Waals surface area contributed by atoms with Gasteiger partial charge in [-0.25, -0.2) is 8.78 Å². The highest BCUT2D eigenvalue weighted by Crippen LogP contribution is 2.39. The second-order valence-corrected chi connectivity index (χ2v) is 12.1. The Labute approximate surface area is 252 Å². The summed E-state index contributed by atoms with van der Waals surface area (Å²) in [4.78, 5) is 17.7. The van der Waals surface area contributed by atoms with E-state index in [9.17, 15) is 13.6 Å². The fraction of sp³-hybridized carbons (Fsp3) is 0.400. The van der Waals surface area contributed by atoms with E-state index in [1.54, 1.807) is 6.20 Å². The third-order valence-electron chi connectivity index (χ3n) is 8.70. The summed E-state index contributed by atoms with van der Waals surface area (Å²) in [6, 6.07) is 8.50. The summed E-state index contributed by atoms with van der Waals surface area (Å²) in [5.41, 5.74) is 5.09. The monoisotopic (exact) mass is 589 g/mol. The van der Waals surface area contributed by atoms with Crippen molar-refractivity contribution in [3.63, 3.8) is 0 Å². The highest BCUT2D eigenvalue weighted by Gasteiger charge is 2.31. The number of rotatable bonds is 9. The maximum Gasteiger partial charge on any atom is 0.178 e. The van der Waals surface area contributed by atoms with E-state index in [1.807, 2.05) is 43.4 Å². The number of carbonyl (C=O) groups is 1. The molecule has 2 N–H and O–H groups in total. The van der Waals surface area contributed by atoms with E-state index in [-0.39, 0.29) is 28.7 Å². The van der Waals surface area contributed by atoms with Gasteiger partial charge in [0.2, 0.25) is 0 Å². The Morgan fingerprint density at radius 2 is 1.86 bits per heavy atom. The number of allylic oxidation sites excluding steroid dienone is 5. The van der Waals surface area contributed by atoms with Gasteiger partial charge in [-0.15, -0.1) is 0 Å². The minimum Gasteiger partial charge on any atom is -0.354 e. The maximum atomic E-state index is 14.8. The zero-order valence-electron chi connectivity index (χ0n) is 24.1. The molecule has 2 aromatic carbocycles. The minimum absolute atomic E-state index is 0.0238. The molecule has 0 aromatic heterocycles. The molecule has 3 aliphatic rings. The summed E-state index contributed by atoms with van der Waals surface area (Å²) in [6.45, 7) is 1.91. The van der Waals surface area contributed by atoms with Crippen LogP contribution in [0.3, 0.4) is 0 Å². The Morgan fingerprint density at radius 1 is 1.07 bits per heavy atom. The molecule has 1 atom stereocenters. The lowest BCUT2D eigenvalue weighted by molar-refractivity contribution is 0.0999. The van der Waals surface area contributed by atoms with Gasteiger partial charge in [-0.05, 0) is 86.1 Å². The number of carbonyl (C=O) groups excluding carboxylic acids is 1. The number of nitrogens with zero attached hydrogens (tertiary/aromatic N) is 1. The number of fused-ring (bicyclic) bond motifs is 1. The number of ketones is 1. The van der Waals surface area contributed by atoms with Crippen LogP contribution in [-0.4, -0.2) is 17.2 Å². The predicted octanol–water partition coefficient (Wildman–Crippen LogP) is 10.0. The van der Waals surface area contributed by atoms with Crippen molar-refractivity contribution in [3.8, 4) is 0 Å². The first kappa shape index (κ1) is 30.1. The molecule has 0 bridgehead atoms. The number of hydrogen-bond acceptors (Lipinski definition) is 4. The summed E-state index contributed by atoms with van der Waals surface area (Å²) in [7, 11) is 0. The molecule has 4 nitrogen and oxygen atoms in total. The summed E-state index contributed by atoms with van der Waals surface area (Å²) in [5, 5.41) is 11.6. The molecule has 7 heteroatoms. The number of halogens is 3. The highest BCUT2D eigenvalue weighted by atomic mass is 35.5. The van der Waals surface area contributed by atoms with Gasteiger partial charge >= 0.3 is 0 Å². The zero-order valence-corrected chi connectivity index (χ0v) is 24.9. The van der Waals surface area contributed by atoms with E-state index in [0.29, 0.717) is 35.6 Å².